The molecule has 0 fully saturated rings. The van der Waals surface area contributed by atoms with Crippen LogP contribution in [0.2, 0.25) is 5.02 Å². The Labute approximate surface area is 99.4 Å². The fourth-order valence-electron chi connectivity index (χ4n) is 2.17. The smallest absolute Gasteiger partial charge is 0.303 e. The van der Waals surface area contributed by atoms with Crippen LogP contribution >= 0.6 is 11.6 Å². The van der Waals surface area contributed by atoms with Crippen molar-refractivity contribution in [3.8, 4) is 0 Å². The standard InChI is InChI=1S/C12H14ClNO2/c1-7-10(13)4-3-9-8(2-5-11(15)16)6-14-12(7)9/h3-4,8,14H,2,5-6H2,1H3,(H,15,16). The number of hydrogen-bond donors (Lipinski definition) is 2. The molecule has 1 unspecified atom stereocenters. The van der Waals surface area contributed by atoms with Crippen molar-refractivity contribution in [1.29, 1.82) is 0 Å². The molecule has 0 radical (unpaired) electrons. The second-order valence-electron chi connectivity index (χ2n) is 4.15. The van der Waals surface area contributed by atoms with Crippen molar-refractivity contribution < 1.29 is 9.90 Å². The number of carboxylic acids is 1. The molecule has 0 aromatic heterocycles. The summed E-state index contributed by atoms with van der Waals surface area (Å²) < 4.78 is 0. The number of aliphatic carboxylic acids is 1. The number of carbonyl (C=O) groups is 1. The number of halogens is 1. The van der Waals surface area contributed by atoms with E-state index >= 15 is 0 Å². The van der Waals surface area contributed by atoms with Gasteiger partial charge in [0.25, 0.3) is 0 Å². The maximum atomic E-state index is 10.5. The van der Waals surface area contributed by atoms with Crippen LogP contribution in [0.15, 0.2) is 12.1 Å². The van der Waals surface area contributed by atoms with Gasteiger partial charge in [-0.2, -0.15) is 0 Å². The SMILES string of the molecule is Cc1c(Cl)ccc2c1NCC2CCC(=O)O. The monoisotopic (exact) mass is 239 g/mol. The van der Waals surface area contributed by atoms with Crippen molar-refractivity contribution in [2.45, 2.75) is 25.7 Å². The Hall–Kier alpha value is -1.22. The molecular weight excluding hydrogens is 226 g/mol. The van der Waals surface area contributed by atoms with E-state index < -0.39 is 5.97 Å². The minimum Gasteiger partial charge on any atom is -0.481 e. The first-order valence-electron chi connectivity index (χ1n) is 5.34. The fourth-order valence-corrected chi connectivity index (χ4v) is 2.33. The number of anilines is 1. The maximum absolute atomic E-state index is 10.5. The Morgan fingerprint density at radius 2 is 2.38 bits per heavy atom. The van der Waals surface area contributed by atoms with Crippen molar-refractivity contribution in [2.75, 3.05) is 11.9 Å². The van der Waals surface area contributed by atoms with Crippen molar-refractivity contribution >= 4 is 23.3 Å². The van der Waals surface area contributed by atoms with Crippen LogP contribution in [0.25, 0.3) is 0 Å². The Balaban J connectivity index is 2.20. The number of benzene rings is 1. The van der Waals surface area contributed by atoms with Crippen LogP contribution in [0.5, 0.6) is 0 Å². The lowest BCUT2D eigenvalue weighted by Gasteiger charge is -2.09. The van der Waals surface area contributed by atoms with Crippen molar-refractivity contribution in [2.24, 2.45) is 0 Å². The molecule has 0 aliphatic carbocycles. The topological polar surface area (TPSA) is 49.3 Å². The molecule has 1 heterocycles. The molecule has 1 aromatic rings. The summed E-state index contributed by atoms with van der Waals surface area (Å²) >= 11 is 6.03. The molecule has 1 aliphatic rings. The van der Waals surface area contributed by atoms with Crippen molar-refractivity contribution in [3.63, 3.8) is 0 Å². The van der Waals surface area contributed by atoms with Crippen molar-refractivity contribution in [3.05, 3.63) is 28.3 Å². The largest absolute Gasteiger partial charge is 0.481 e. The van der Waals surface area contributed by atoms with Gasteiger partial charge in [0, 0.05) is 29.6 Å². The molecule has 2 rings (SSSR count). The zero-order chi connectivity index (χ0) is 11.7. The number of fused-ring (bicyclic) bond motifs is 1. The predicted molar refractivity (Wildman–Crippen MR) is 64.3 cm³/mol. The Morgan fingerprint density at radius 1 is 1.62 bits per heavy atom. The third-order valence-electron chi connectivity index (χ3n) is 3.10. The first-order valence-corrected chi connectivity index (χ1v) is 5.72. The second kappa shape index (κ2) is 4.34. The quantitative estimate of drug-likeness (QED) is 0.853. The molecule has 1 aliphatic heterocycles. The number of rotatable bonds is 3. The molecule has 86 valence electrons. The Kier molecular flexibility index (Phi) is 3.06. The van der Waals surface area contributed by atoms with Crippen LogP contribution in [-0.2, 0) is 4.79 Å². The first-order chi connectivity index (χ1) is 7.59. The number of nitrogens with one attached hydrogen (secondary N) is 1. The van der Waals surface area contributed by atoms with E-state index in [4.69, 9.17) is 16.7 Å². The van der Waals surface area contributed by atoms with Gasteiger partial charge in [-0.1, -0.05) is 17.7 Å². The molecule has 1 atom stereocenters. The van der Waals surface area contributed by atoms with Crippen LogP contribution in [0.1, 0.15) is 29.9 Å². The fraction of sp³-hybridized carbons (Fsp3) is 0.417. The van der Waals surface area contributed by atoms with E-state index in [1.54, 1.807) is 0 Å². The zero-order valence-corrected chi connectivity index (χ0v) is 9.84. The van der Waals surface area contributed by atoms with Gasteiger partial charge >= 0.3 is 5.97 Å². The van der Waals surface area contributed by atoms with Crippen molar-refractivity contribution in [1.82, 2.24) is 0 Å². The average Bonchev–Trinajstić information content (AvgIpc) is 2.64. The molecule has 3 nitrogen and oxygen atoms in total. The molecule has 2 N–H and O–H groups in total. The molecule has 16 heavy (non-hydrogen) atoms. The highest BCUT2D eigenvalue weighted by molar-refractivity contribution is 6.31. The molecular formula is C12H14ClNO2. The lowest BCUT2D eigenvalue weighted by atomic mass is 9.95. The number of carboxylic acid groups (broad SMARTS) is 1. The maximum Gasteiger partial charge on any atom is 0.303 e. The van der Waals surface area contributed by atoms with E-state index in [9.17, 15) is 4.79 Å². The van der Waals surface area contributed by atoms with E-state index in [2.05, 4.69) is 5.32 Å². The van der Waals surface area contributed by atoms with Crippen LogP contribution in [0.4, 0.5) is 5.69 Å². The van der Waals surface area contributed by atoms with Gasteiger partial charge in [-0.3, -0.25) is 4.79 Å². The lowest BCUT2D eigenvalue weighted by Crippen LogP contribution is -2.05. The van der Waals surface area contributed by atoms with Crippen LogP contribution in [0.3, 0.4) is 0 Å². The predicted octanol–water partition coefficient (Wildman–Crippen LogP) is 3.02. The Morgan fingerprint density at radius 3 is 3.06 bits per heavy atom. The van der Waals surface area contributed by atoms with Crippen LogP contribution in [0, 0.1) is 6.92 Å². The van der Waals surface area contributed by atoms with Gasteiger partial charge in [0.1, 0.15) is 0 Å². The third kappa shape index (κ3) is 2.00. The van der Waals surface area contributed by atoms with Gasteiger partial charge in [0.05, 0.1) is 0 Å². The second-order valence-corrected chi connectivity index (χ2v) is 4.55. The number of hydrogen-bond acceptors (Lipinski definition) is 2. The molecule has 0 saturated carbocycles. The zero-order valence-electron chi connectivity index (χ0n) is 9.09. The van der Waals surface area contributed by atoms with E-state index in [-0.39, 0.29) is 6.42 Å². The summed E-state index contributed by atoms with van der Waals surface area (Å²) in [6.45, 7) is 2.79. The van der Waals surface area contributed by atoms with E-state index in [0.717, 1.165) is 22.8 Å². The van der Waals surface area contributed by atoms with E-state index in [1.807, 2.05) is 19.1 Å². The summed E-state index contributed by atoms with van der Waals surface area (Å²) in [6.07, 6.45) is 0.893. The highest BCUT2D eigenvalue weighted by Crippen LogP contribution is 2.39. The molecule has 1 aromatic carbocycles. The van der Waals surface area contributed by atoms with Gasteiger partial charge in [-0.05, 0) is 30.5 Å². The normalized spacial score (nSPS) is 18.0. The third-order valence-corrected chi connectivity index (χ3v) is 3.51. The summed E-state index contributed by atoms with van der Waals surface area (Å²) in [6, 6.07) is 3.88. The summed E-state index contributed by atoms with van der Waals surface area (Å²) in [5.74, 6) is -0.443. The highest BCUT2D eigenvalue weighted by atomic mass is 35.5. The van der Waals surface area contributed by atoms with Gasteiger partial charge in [0.2, 0.25) is 0 Å². The molecule has 0 spiro atoms. The summed E-state index contributed by atoms with van der Waals surface area (Å²) in [5.41, 5.74) is 3.34. The first kappa shape index (κ1) is 11.3. The molecule has 4 heteroatoms. The van der Waals surface area contributed by atoms with Gasteiger partial charge in [-0.25, -0.2) is 0 Å². The molecule has 0 saturated heterocycles. The summed E-state index contributed by atoms with van der Waals surface area (Å²) in [4.78, 5) is 10.5. The lowest BCUT2D eigenvalue weighted by molar-refractivity contribution is -0.137. The van der Waals surface area contributed by atoms with Crippen LogP contribution in [-0.4, -0.2) is 17.6 Å². The Bertz CT molecular complexity index is 431. The average molecular weight is 240 g/mol. The van der Waals surface area contributed by atoms with E-state index in [1.165, 1.54) is 5.56 Å². The summed E-state index contributed by atoms with van der Waals surface area (Å²) in [5, 5.41) is 12.7. The van der Waals surface area contributed by atoms with Gasteiger partial charge in [0.15, 0.2) is 0 Å². The minimum atomic E-state index is -0.737. The summed E-state index contributed by atoms with van der Waals surface area (Å²) in [7, 11) is 0. The molecule has 0 bridgehead atoms. The minimum absolute atomic E-state index is 0.216. The van der Waals surface area contributed by atoms with Gasteiger partial charge < -0.3 is 10.4 Å². The van der Waals surface area contributed by atoms with Crippen LogP contribution < -0.4 is 5.32 Å². The highest BCUT2D eigenvalue weighted by Gasteiger charge is 2.24. The molecule has 0 amide bonds. The van der Waals surface area contributed by atoms with E-state index in [0.29, 0.717) is 12.3 Å². The van der Waals surface area contributed by atoms with Gasteiger partial charge in [-0.15, -0.1) is 0 Å².